The van der Waals surface area contributed by atoms with Gasteiger partial charge in [0.1, 0.15) is 18.1 Å². The van der Waals surface area contributed by atoms with Crippen molar-refractivity contribution in [3.05, 3.63) is 42.5 Å². The van der Waals surface area contributed by atoms with Gasteiger partial charge in [-0.2, -0.15) is 0 Å². The molecule has 0 saturated heterocycles. The van der Waals surface area contributed by atoms with Crippen molar-refractivity contribution in [2.75, 3.05) is 35.3 Å². The summed E-state index contributed by atoms with van der Waals surface area (Å²) in [7, 11) is 0. The molecule has 1 aliphatic heterocycles. The smallest absolute Gasteiger partial charge is 0.323 e. The second-order valence-electron chi connectivity index (χ2n) is 7.41. The summed E-state index contributed by atoms with van der Waals surface area (Å²) < 4.78 is 11.4. The summed E-state index contributed by atoms with van der Waals surface area (Å²) in [6.07, 6.45) is 0. The van der Waals surface area contributed by atoms with Crippen molar-refractivity contribution >= 4 is 29.0 Å². The fourth-order valence-electron chi connectivity index (χ4n) is 3.18. The van der Waals surface area contributed by atoms with Crippen LogP contribution in [0.3, 0.4) is 0 Å². The number of amides is 3. The van der Waals surface area contributed by atoms with E-state index in [1.807, 2.05) is 39.8 Å². The third kappa shape index (κ3) is 4.45. The molecule has 1 aliphatic rings. The molecule has 1 heterocycles. The monoisotopic (exact) mass is 397 g/mol. The number of nitrogens with one attached hydrogen (secondary N) is 2. The maximum Gasteiger partial charge on any atom is 0.323 e. The number of rotatable bonds is 5. The Kier molecular flexibility index (Phi) is 5.96. The second-order valence-corrected chi connectivity index (χ2v) is 7.41. The summed E-state index contributed by atoms with van der Waals surface area (Å²) in [5, 5.41) is 5.60. The Bertz CT molecular complexity index is 911. The first-order valence-corrected chi connectivity index (χ1v) is 9.74. The largest absolute Gasteiger partial charge is 0.492 e. The van der Waals surface area contributed by atoms with Gasteiger partial charge in [0.25, 0.3) is 0 Å². The number of urea groups is 1. The molecule has 3 amide bonds. The molecule has 0 aromatic heterocycles. The Hall–Kier alpha value is -3.22. The Morgan fingerprint density at radius 2 is 1.93 bits per heavy atom. The van der Waals surface area contributed by atoms with E-state index in [-0.39, 0.29) is 12.5 Å². The van der Waals surface area contributed by atoms with E-state index in [0.717, 1.165) is 0 Å². The number of carbonyl (C=O) groups is 2. The minimum atomic E-state index is -0.622. The fourth-order valence-corrected chi connectivity index (χ4v) is 3.18. The standard InChI is InChI=1S/C22H27N3O4/c1-5-25-17-12-11-15(13-19(17)29-14-22(3,4)20(25)26)23-21(27)24-16-9-7-8-10-18(16)28-6-2/h7-13H,5-6,14H2,1-4H3,(H2,23,24,27). The predicted octanol–water partition coefficient (Wildman–Crippen LogP) is 4.50. The van der Waals surface area contributed by atoms with Crippen LogP contribution in [0, 0.1) is 5.41 Å². The van der Waals surface area contributed by atoms with Crippen molar-refractivity contribution in [3.63, 3.8) is 0 Å². The van der Waals surface area contributed by atoms with Crippen LogP contribution in [0.2, 0.25) is 0 Å². The van der Waals surface area contributed by atoms with E-state index < -0.39 is 11.4 Å². The molecule has 0 radical (unpaired) electrons. The highest BCUT2D eigenvalue weighted by molar-refractivity contribution is 6.02. The minimum Gasteiger partial charge on any atom is -0.492 e. The number of benzene rings is 2. The number of para-hydroxylation sites is 2. The van der Waals surface area contributed by atoms with Crippen LogP contribution in [0.4, 0.5) is 21.9 Å². The fraction of sp³-hybridized carbons (Fsp3) is 0.364. The number of hydrogen-bond donors (Lipinski definition) is 2. The molecular weight excluding hydrogens is 370 g/mol. The second kappa shape index (κ2) is 8.43. The van der Waals surface area contributed by atoms with E-state index >= 15 is 0 Å². The van der Waals surface area contributed by atoms with Gasteiger partial charge in [-0.25, -0.2) is 4.79 Å². The van der Waals surface area contributed by atoms with Gasteiger partial charge in [-0.15, -0.1) is 0 Å². The van der Waals surface area contributed by atoms with E-state index in [2.05, 4.69) is 10.6 Å². The van der Waals surface area contributed by atoms with Gasteiger partial charge in [0.15, 0.2) is 0 Å². The van der Waals surface area contributed by atoms with Gasteiger partial charge >= 0.3 is 6.03 Å². The molecule has 2 aromatic rings. The van der Waals surface area contributed by atoms with Crippen LogP contribution in [0.1, 0.15) is 27.7 Å². The van der Waals surface area contributed by atoms with E-state index in [1.54, 1.807) is 35.2 Å². The Labute approximate surface area is 171 Å². The molecule has 0 unspecified atom stereocenters. The minimum absolute atomic E-state index is 0.0183. The zero-order valence-electron chi connectivity index (χ0n) is 17.2. The third-order valence-corrected chi connectivity index (χ3v) is 4.67. The maximum atomic E-state index is 12.8. The number of fused-ring (bicyclic) bond motifs is 1. The van der Waals surface area contributed by atoms with Crippen LogP contribution >= 0.6 is 0 Å². The number of ether oxygens (including phenoxy) is 2. The summed E-state index contributed by atoms with van der Waals surface area (Å²) in [5.41, 5.74) is 1.24. The van der Waals surface area contributed by atoms with Gasteiger partial charge in [0, 0.05) is 18.3 Å². The molecule has 0 saturated carbocycles. The first-order chi connectivity index (χ1) is 13.9. The SMILES string of the molecule is CCOc1ccccc1NC(=O)Nc1ccc2c(c1)OCC(C)(C)C(=O)N2CC. The lowest BCUT2D eigenvalue weighted by molar-refractivity contribution is -0.127. The van der Waals surface area contributed by atoms with Crippen LogP contribution in [0.5, 0.6) is 11.5 Å². The maximum absolute atomic E-state index is 12.8. The quantitative estimate of drug-likeness (QED) is 0.778. The average Bonchev–Trinajstić information content (AvgIpc) is 2.78. The summed E-state index contributed by atoms with van der Waals surface area (Å²) >= 11 is 0. The van der Waals surface area contributed by atoms with Gasteiger partial charge in [-0.05, 0) is 52.0 Å². The molecule has 0 aliphatic carbocycles. The molecule has 7 heteroatoms. The first-order valence-electron chi connectivity index (χ1n) is 9.74. The summed E-state index contributed by atoms with van der Waals surface area (Å²) in [6, 6.07) is 12.1. The van der Waals surface area contributed by atoms with E-state index in [9.17, 15) is 9.59 Å². The van der Waals surface area contributed by atoms with Gasteiger partial charge in [-0.1, -0.05) is 12.1 Å². The molecule has 7 nitrogen and oxygen atoms in total. The van der Waals surface area contributed by atoms with Gasteiger partial charge < -0.3 is 25.0 Å². The molecule has 3 rings (SSSR count). The van der Waals surface area contributed by atoms with Crippen molar-refractivity contribution < 1.29 is 19.1 Å². The van der Waals surface area contributed by atoms with Crippen molar-refractivity contribution in [1.29, 1.82) is 0 Å². The zero-order valence-corrected chi connectivity index (χ0v) is 17.2. The third-order valence-electron chi connectivity index (χ3n) is 4.67. The van der Waals surface area contributed by atoms with Crippen molar-refractivity contribution in [1.82, 2.24) is 0 Å². The van der Waals surface area contributed by atoms with Crippen molar-refractivity contribution in [2.45, 2.75) is 27.7 Å². The Balaban J connectivity index is 1.78. The molecule has 29 heavy (non-hydrogen) atoms. The summed E-state index contributed by atoms with van der Waals surface area (Å²) in [4.78, 5) is 26.9. The lowest BCUT2D eigenvalue weighted by Gasteiger charge is -2.26. The van der Waals surface area contributed by atoms with Crippen molar-refractivity contribution in [2.24, 2.45) is 5.41 Å². The molecule has 2 N–H and O–H groups in total. The van der Waals surface area contributed by atoms with E-state index in [0.29, 0.717) is 41.7 Å². The number of anilines is 3. The van der Waals surface area contributed by atoms with E-state index in [1.165, 1.54) is 0 Å². The van der Waals surface area contributed by atoms with Gasteiger partial charge in [-0.3, -0.25) is 4.79 Å². The lowest BCUT2D eigenvalue weighted by Crippen LogP contribution is -2.42. The Morgan fingerprint density at radius 3 is 2.66 bits per heavy atom. The molecule has 0 atom stereocenters. The molecule has 0 spiro atoms. The molecule has 154 valence electrons. The lowest BCUT2D eigenvalue weighted by atomic mass is 9.93. The summed E-state index contributed by atoms with van der Waals surface area (Å²) in [6.45, 7) is 8.87. The van der Waals surface area contributed by atoms with Crippen LogP contribution in [-0.4, -0.2) is 31.7 Å². The number of hydrogen-bond acceptors (Lipinski definition) is 4. The summed E-state index contributed by atoms with van der Waals surface area (Å²) in [5.74, 6) is 1.19. The highest BCUT2D eigenvalue weighted by atomic mass is 16.5. The molecule has 2 aromatic carbocycles. The van der Waals surface area contributed by atoms with Crippen LogP contribution in [0.15, 0.2) is 42.5 Å². The van der Waals surface area contributed by atoms with Gasteiger partial charge in [0.2, 0.25) is 5.91 Å². The number of nitrogens with zero attached hydrogens (tertiary/aromatic N) is 1. The van der Waals surface area contributed by atoms with Crippen LogP contribution < -0.4 is 25.0 Å². The number of carbonyl (C=O) groups excluding carboxylic acids is 2. The highest BCUT2D eigenvalue weighted by Gasteiger charge is 2.37. The molecule has 0 bridgehead atoms. The first kappa shape index (κ1) is 20.5. The normalized spacial score (nSPS) is 15.0. The van der Waals surface area contributed by atoms with E-state index in [4.69, 9.17) is 9.47 Å². The van der Waals surface area contributed by atoms with Crippen molar-refractivity contribution in [3.8, 4) is 11.5 Å². The van der Waals surface area contributed by atoms with Crippen LogP contribution in [-0.2, 0) is 4.79 Å². The predicted molar refractivity (Wildman–Crippen MR) is 114 cm³/mol. The highest BCUT2D eigenvalue weighted by Crippen LogP contribution is 2.38. The van der Waals surface area contributed by atoms with Gasteiger partial charge in [0.05, 0.1) is 23.4 Å². The molecule has 0 fully saturated rings. The van der Waals surface area contributed by atoms with Crippen LogP contribution in [0.25, 0.3) is 0 Å². The topological polar surface area (TPSA) is 79.9 Å². The Morgan fingerprint density at radius 1 is 1.17 bits per heavy atom. The average molecular weight is 397 g/mol. The molecular formula is C22H27N3O4. The zero-order chi connectivity index (χ0) is 21.0.